The summed E-state index contributed by atoms with van der Waals surface area (Å²) >= 11 is 1.68. The Hall–Kier alpha value is -2.27. The molecule has 25 heavy (non-hydrogen) atoms. The topological polar surface area (TPSA) is 58.2 Å². The Bertz CT molecular complexity index is 672. The first-order valence-corrected chi connectivity index (χ1v) is 9.49. The van der Waals surface area contributed by atoms with Crippen LogP contribution in [0.2, 0.25) is 0 Å². The van der Waals surface area contributed by atoms with Crippen molar-refractivity contribution in [3.05, 3.63) is 60.2 Å². The quantitative estimate of drug-likeness (QED) is 0.661. The number of hydrogen-bond acceptors (Lipinski definition) is 3. The highest BCUT2D eigenvalue weighted by molar-refractivity contribution is 7.99. The molecule has 0 radical (unpaired) electrons. The molecule has 0 fully saturated rings. The van der Waals surface area contributed by atoms with Gasteiger partial charge in [-0.15, -0.1) is 11.8 Å². The molecule has 0 spiro atoms. The number of thioether (sulfide) groups is 1. The third-order valence-corrected chi connectivity index (χ3v) is 4.56. The summed E-state index contributed by atoms with van der Waals surface area (Å²) in [6.07, 6.45) is 1.85. The molecule has 2 N–H and O–H groups in total. The predicted octanol–water partition coefficient (Wildman–Crippen LogP) is 4.22. The molecule has 0 saturated carbocycles. The van der Waals surface area contributed by atoms with E-state index in [2.05, 4.69) is 10.6 Å². The monoisotopic (exact) mass is 356 g/mol. The first kappa shape index (κ1) is 19.1. The minimum atomic E-state index is 0.0273. The first-order chi connectivity index (χ1) is 12.2. The molecule has 2 amide bonds. The largest absolute Gasteiger partial charge is 0.352 e. The van der Waals surface area contributed by atoms with Crippen molar-refractivity contribution in [1.29, 1.82) is 0 Å². The summed E-state index contributed by atoms with van der Waals surface area (Å²) in [6.45, 7) is 2.47. The highest BCUT2D eigenvalue weighted by Gasteiger charge is 2.04. The van der Waals surface area contributed by atoms with Crippen LogP contribution in [0, 0.1) is 0 Å². The molecule has 0 aromatic heterocycles. The molecule has 5 heteroatoms. The van der Waals surface area contributed by atoms with Crippen LogP contribution >= 0.6 is 11.8 Å². The van der Waals surface area contributed by atoms with Gasteiger partial charge in [-0.2, -0.15) is 0 Å². The van der Waals surface area contributed by atoms with E-state index >= 15 is 0 Å². The van der Waals surface area contributed by atoms with Crippen LogP contribution in [0.15, 0.2) is 59.5 Å². The standard InChI is InChI=1S/C20H24N2O2S/c1-2-6-20(24)22-17-11-9-16(10-12-17)15-21-19(23)13-14-25-18-7-4-3-5-8-18/h3-5,7-12H,2,6,13-15H2,1H3,(H,21,23)(H,22,24). The number of carbonyl (C=O) groups excluding carboxylic acids is 2. The molecule has 0 aliphatic rings. The summed E-state index contributed by atoms with van der Waals surface area (Å²) in [4.78, 5) is 24.6. The van der Waals surface area contributed by atoms with E-state index in [9.17, 15) is 9.59 Å². The highest BCUT2D eigenvalue weighted by atomic mass is 32.2. The van der Waals surface area contributed by atoms with E-state index in [1.165, 1.54) is 4.90 Å². The molecule has 0 heterocycles. The maximum absolute atomic E-state index is 11.9. The van der Waals surface area contributed by atoms with E-state index in [0.717, 1.165) is 23.4 Å². The Morgan fingerprint density at radius 3 is 2.32 bits per heavy atom. The van der Waals surface area contributed by atoms with Crippen molar-refractivity contribution in [3.63, 3.8) is 0 Å². The zero-order chi connectivity index (χ0) is 17.9. The van der Waals surface area contributed by atoms with E-state index in [0.29, 0.717) is 19.4 Å². The van der Waals surface area contributed by atoms with Gasteiger partial charge in [0.05, 0.1) is 0 Å². The van der Waals surface area contributed by atoms with Crippen LogP contribution in [0.3, 0.4) is 0 Å². The third kappa shape index (κ3) is 7.44. The summed E-state index contributed by atoms with van der Waals surface area (Å²) in [7, 11) is 0. The molecule has 0 unspecified atom stereocenters. The van der Waals surface area contributed by atoms with Crippen LogP contribution in [0.4, 0.5) is 5.69 Å². The van der Waals surface area contributed by atoms with Crippen LogP contribution in [0.25, 0.3) is 0 Å². The van der Waals surface area contributed by atoms with Crippen LogP contribution in [-0.2, 0) is 16.1 Å². The molecular formula is C20H24N2O2S. The molecule has 2 aromatic carbocycles. The molecule has 0 saturated heterocycles. The smallest absolute Gasteiger partial charge is 0.224 e. The van der Waals surface area contributed by atoms with Gasteiger partial charge in [0.25, 0.3) is 0 Å². The molecule has 2 rings (SSSR count). The fourth-order valence-electron chi connectivity index (χ4n) is 2.22. The van der Waals surface area contributed by atoms with Crippen molar-refractivity contribution < 1.29 is 9.59 Å². The van der Waals surface area contributed by atoms with Gasteiger partial charge < -0.3 is 10.6 Å². The second kappa shape index (κ2) is 10.6. The Morgan fingerprint density at radius 1 is 0.920 bits per heavy atom. The summed E-state index contributed by atoms with van der Waals surface area (Å²) < 4.78 is 0. The Kier molecular flexibility index (Phi) is 8.05. The predicted molar refractivity (Wildman–Crippen MR) is 104 cm³/mol. The van der Waals surface area contributed by atoms with Crippen molar-refractivity contribution >= 4 is 29.3 Å². The van der Waals surface area contributed by atoms with Gasteiger partial charge in [0.15, 0.2) is 0 Å². The van der Waals surface area contributed by atoms with Gasteiger partial charge in [-0.3, -0.25) is 9.59 Å². The Balaban J connectivity index is 1.68. The second-order valence-corrected chi connectivity index (χ2v) is 6.85. The maximum atomic E-state index is 11.9. The zero-order valence-electron chi connectivity index (χ0n) is 14.5. The number of carbonyl (C=O) groups is 2. The van der Waals surface area contributed by atoms with Gasteiger partial charge in [0, 0.05) is 35.7 Å². The second-order valence-electron chi connectivity index (χ2n) is 5.68. The number of nitrogens with one attached hydrogen (secondary N) is 2. The number of hydrogen-bond donors (Lipinski definition) is 2. The molecular weight excluding hydrogens is 332 g/mol. The van der Waals surface area contributed by atoms with Gasteiger partial charge in [-0.25, -0.2) is 0 Å². The zero-order valence-corrected chi connectivity index (χ0v) is 15.3. The van der Waals surface area contributed by atoms with Gasteiger partial charge in [-0.1, -0.05) is 37.3 Å². The summed E-state index contributed by atoms with van der Waals surface area (Å²) in [5.41, 5.74) is 1.80. The number of benzene rings is 2. The molecule has 2 aromatic rings. The Morgan fingerprint density at radius 2 is 1.64 bits per heavy atom. The average molecular weight is 356 g/mol. The minimum absolute atomic E-state index is 0.0273. The molecule has 0 atom stereocenters. The lowest BCUT2D eigenvalue weighted by Crippen LogP contribution is -2.23. The van der Waals surface area contributed by atoms with Gasteiger partial charge in [0.2, 0.25) is 11.8 Å². The van der Waals surface area contributed by atoms with Crippen LogP contribution < -0.4 is 10.6 Å². The third-order valence-electron chi connectivity index (χ3n) is 3.55. The molecule has 0 bridgehead atoms. The number of amides is 2. The lowest BCUT2D eigenvalue weighted by atomic mass is 10.2. The highest BCUT2D eigenvalue weighted by Crippen LogP contribution is 2.17. The van der Waals surface area contributed by atoms with Crippen molar-refractivity contribution in [3.8, 4) is 0 Å². The van der Waals surface area contributed by atoms with Gasteiger partial charge in [0.1, 0.15) is 0 Å². The van der Waals surface area contributed by atoms with Crippen molar-refractivity contribution in [2.75, 3.05) is 11.1 Å². The molecule has 0 aliphatic carbocycles. The van der Waals surface area contributed by atoms with Crippen molar-refractivity contribution in [1.82, 2.24) is 5.32 Å². The summed E-state index contributed by atoms with van der Waals surface area (Å²) in [5, 5.41) is 5.78. The van der Waals surface area contributed by atoms with Crippen LogP contribution in [0.5, 0.6) is 0 Å². The van der Waals surface area contributed by atoms with E-state index < -0.39 is 0 Å². The molecule has 4 nitrogen and oxygen atoms in total. The molecule has 132 valence electrons. The maximum Gasteiger partial charge on any atom is 0.224 e. The summed E-state index contributed by atoms with van der Waals surface area (Å²) in [5.74, 6) is 0.835. The van der Waals surface area contributed by atoms with Gasteiger partial charge in [-0.05, 0) is 36.2 Å². The van der Waals surface area contributed by atoms with E-state index in [1.807, 2.05) is 61.5 Å². The summed E-state index contributed by atoms with van der Waals surface area (Å²) in [6, 6.07) is 17.6. The fourth-order valence-corrected chi connectivity index (χ4v) is 3.10. The van der Waals surface area contributed by atoms with Crippen LogP contribution in [-0.4, -0.2) is 17.6 Å². The average Bonchev–Trinajstić information content (AvgIpc) is 2.62. The fraction of sp³-hybridized carbons (Fsp3) is 0.300. The van der Waals surface area contributed by atoms with Crippen molar-refractivity contribution in [2.24, 2.45) is 0 Å². The number of anilines is 1. The number of rotatable bonds is 9. The first-order valence-electron chi connectivity index (χ1n) is 8.50. The molecule has 0 aliphatic heterocycles. The van der Waals surface area contributed by atoms with Crippen LogP contribution in [0.1, 0.15) is 31.7 Å². The lowest BCUT2D eigenvalue weighted by Gasteiger charge is -2.08. The minimum Gasteiger partial charge on any atom is -0.352 e. The van der Waals surface area contributed by atoms with E-state index in [4.69, 9.17) is 0 Å². The normalized spacial score (nSPS) is 10.3. The SMILES string of the molecule is CCCC(=O)Nc1ccc(CNC(=O)CCSc2ccccc2)cc1. The Labute approximate surface area is 153 Å². The van der Waals surface area contributed by atoms with Crippen molar-refractivity contribution in [2.45, 2.75) is 37.6 Å². The van der Waals surface area contributed by atoms with E-state index in [-0.39, 0.29) is 11.8 Å². The lowest BCUT2D eigenvalue weighted by molar-refractivity contribution is -0.120. The van der Waals surface area contributed by atoms with Gasteiger partial charge >= 0.3 is 0 Å². The van der Waals surface area contributed by atoms with E-state index in [1.54, 1.807) is 11.8 Å².